The molecule has 0 N–H and O–H groups in total. The fourth-order valence-corrected chi connectivity index (χ4v) is 2.02. The van der Waals surface area contributed by atoms with Crippen molar-refractivity contribution in [2.24, 2.45) is 4.99 Å². The minimum atomic E-state index is -0.0406. The lowest BCUT2D eigenvalue weighted by atomic mass is 10.1. The number of ether oxygens (including phenoxy) is 2. The molecule has 0 radical (unpaired) electrons. The summed E-state index contributed by atoms with van der Waals surface area (Å²) in [6.07, 6.45) is 1.06. The minimum absolute atomic E-state index is 0.0406. The Morgan fingerprint density at radius 1 is 1.05 bits per heavy atom. The summed E-state index contributed by atoms with van der Waals surface area (Å²) in [6.45, 7) is 14.4. The van der Waals surface area contributed by atoms with Crippen molar-refractivity contribution in [1.82, 2.24) is 9.80 Å². The molecule has 1 fully saturated rings. The molecule has 0 bridgehead atoms. The van der Waals surface area contributed by atoms with Crippen LogP contribution in [-0.4, -0.2) is 74.4 Å². The van der Waals surface area contributed by atoms with Gasteiger partial charge in [-0.3, -0.25) is 0 Å². The molecule has 0 unspecified atom stereocenters. The van der Waals surface area contributed by atoms with Crippen LogP contribution in [0.4, 0.5) is 0 Å². The van der Waals surface area contributed by atoms with E-state index >= 15 is 0 Å². The number of hydrogen-bond acceptors (Lipinski definition) is 3. The third-order valence-electron chi connectivity index (χ3n) is 2.99. The topological polar surface area (TPSA) is 37.3 Å². The molecule has 118 valence electrons. The lowest BCUT2D eigenvalue weighted by molar-refractivity contribution is 0.0445. The van der Waals surface area contributed by atoms with E-state index in [0.717, 1.165) is 45.2 Å². The largest absolute Gasteiger partial charge is 0.379 e. The maximum Gasteiger partial charge on any atom is 0.197 e. The molecule has 0 spiro atoms. The van der Waals surface area contributed by atoms with Gasteiger partial charge in [0.05, 0.1) is 25.4 Å². The number of aliphatic imine (C=N–C) groups is 1. The van der Waals surface area contributed by atoms with Gasteiger partial charge in [0.15, 0.2) is 5.96 Å². The third kappa shape index (κ3) is 6.57. The lowest BCUT2D eigenvalue weighted by Gasteiger charge is -2.24. The summed E-state index contributed by atoms with van der Waals surface area (Å²) < 4.78 is 11.0. The highest BCUT2D eigenvalue weighted by Crippen LogP contribution is 2.13. The first-order valence-electron chi connectivity index (χ1n) is 7.65. The van der Waals surface area contributed by atoms with E-state index in [9.17, 15) is 0 Å². The van der Waals surface area contributed by atoms with Gasteiger partial charge in [0, 0.05) is 33.3 Å². The summed E-state index contributed by atoms with van der Waals surface area (Å²) in [5.41, 5.74) is -0.0406. The van der Waals surface area contributed by atoms with Crippen molar-refractivity contribution in [1.29, 1.82) is 0 Å². The molecule has 0 aromatic rings. The SMILES string of the molecule is CCCOCCOCCN1CCN(C)C1=NC(C)(C)C. The minimum Gasteiger partial charge on any atom is -0.379 e. The Hall–Kier alpha value is -0.810. The Balaban J connectivity index is 2.27. The van der Waals surface area contributed by atoms with E-state index in [-0.39, 0.29) is 5.54 Å². The molecule has 20 heavy (non-hydrogen) atoms. The van der Waals surface area contributed by atoms with Crippen molar-refractivity contribution in [3.05, 3.63) is 0 Å². The van der Waals surface area contributed by atoms with E-state index in [2.05, 4.69) is 44.5 Å². The molecule has 1 rings (SSSR count). The first-order valence-corrected chi connectivity index (χ1v) is 7.65. The van der Waals surface area contributed by atoms with E-state index in [1.54, 1.807) is 0 Å². The van der Waals surface area contributed by atoms with E-state index < -0.39 is 0 Å². The van der Waals surface area contributed by atoms with Crippen LogP contribution in [0.2, 0.25) is 0 Å². The van der Waals surface area contributed by atoms with Gasteiger partial charge in [0.25, 0.3) is 0 Å². The zero-order chi connectivity index (χ0) is 15.0. The summed E-state index contributed by atoms with van der Waals surface area (Å²) in [5.74, 6) is 1.09. The Labute approximate surface area is 123 Å². The molecule has 1 heterocycles. The van der Waals surface area contributed by atoms with E-state index in [0.29, 0.717) is 13.2 Å². The standard InChI is InChI=1S/C15H31N3O2/c1-6-10-19-12-13-20-11-9-18-8-7-17(5)14(18)16-15(2,3)4/h6-13H2,1-5H3. The first-order chi connectivity index (χ1) is 9.44. The van der Waals surface area contributed by atoms with E-state index in [1.165, 1.54) is 0 Å². The highest BCUT2D eigenvalue weighted by atomic mass is 16.5. The molecule has 0 saturated carbocycles. The predicted molar refractivity (Wildman–Crippen MR) is 83.3 cm³/mol. The van der Waals surface area contributed by atoms with Gasteiger partial charge in [0.1, 0.15) is 0 Å². The highest BCUT2D eigenvalue weighted by molar-refractivity contribution is 5.82. The fraction of sp³-hybridized carbons (Fsp3) is 0.933. The second kappa shape index (κ2) is 8.47. The van der Waals surface area contributed by atoms with Crippen LogP contribution in [0.5, 0.6) is 0 Å². The summed E-state index contributed by atoms with van der Waals surface area (Å²) in [6, 6.07) is 0. The molecule has 1 aliphatic rings. The molecule has 5 heteroatoms. The van der Waals surface area contributed by atoms with E-state index in [4.69, 9.17) is 14.5 Å². The zero-order valence-electron chi connectivity index (χ0n) is 13.8. The van der Waals surface area contributed by atoms with Crippen LogP contribution in [0.3, 0.4) is 0 Å². The van der Waals surface area contributed by atoms with Crippen LogP contribution >= 0.6 is 0 Å². The van der Waals surface area contributed by atoms with Gasteiger partial charge in [-0.2, -0.15) is 0 Å². The van der Waals surface area contributed by atoms with Gasteiger partial charge in [-0.15, -0.1) is 0 Å². The third-order valence-corrected chi connectivity index (χ3v) is 2.99. The molecule has 0 aromatic heterocycles. The maximum atomic E-state index is 5.62. The summed E-state index contributed by atoms with van der Waals surface area (Å²) in [7, 11) is 2.10. The van der Waals surface area contributed by atoms with Crippen molar-refractivity contribution in [2.75, 3.05) is 53.1 Å². The van der Waals surface area contributed by atoms with Crippen LogP contribution in [0, 0.1) is 0 Å². The Morgan fingerprint density at radius 2 is 1.70 bits per heavy atom. The number of guanidine groups is 1. The maximum absolute atomic E-state index is 5.62. The van der Waals surface area contributed by atoms with Crippen LogP contribution < -0.4 is 0 Å². The second-order valence-electron chi connectivity index (χ2n) is 6.22. The predicted octanol–water partition coefficient (Wildman–Crippen LogP) is 1.83. The van der Waals surface area contributed by atoms with Gasteiger partial charge in [-0.1, -0.05) is 6.92 Å². The monoisotopic (exact) mass is 285 g/mol. The normalized spacial score (nSPS) is 18.4. The van der Waals surface area contributed by atoms with Gasteiger partial charge in [-0.25, -0.2) is 4.99 Å². The number of rotatable bonds is 8. The van der Waals surface area contributed by atoms with Crippen molar-refractivity contribution >= 4 is 5.96 Å². The van der Waals surface area contributed by atoms with Gasteiger partial charge < -0.3 is 19.3 Å². The molecule has 5 nitrogen and oxygen atoms in total. The van der Waals surface area contributed by atoms with Crippen LogP contribution in [0.25, 0.3) is 0 Å². The smallest absolute Gasteiger partial charge is 0.197 e. The summed E-state index contributed by atoms with van der Waals surface area (Å²) in [4.78, 5) is 9.32. The highest BCUT2D eigenvalue weighted by Gasteiger charge is 2.25. The molecular weight excluding hydrogens is 254 g/mol. The molecule has 0 atom stereocenters. The van der Waals surface area contributed by atoms with Crippen molar-refractivity contribution in [2.45, 2.75) is 39.7 Å². The van der Waals surface area contributed by atoms with Gasteiger partial charge >= 0.3 is 0 Å². The van der Waals surface area contributed by atoms with Gasteiger partial charge in [0.2, 0.25) is 0 Å². The Morgan fingerprint density at radius 3 is 2.30 bits per heavy atom. The lowest BCUT2D eigenvalue weighted by Crippen LogP contribution is -2.36. The zero-order valence-corrected chi connectivity index (χ0v) is 13.8. The van der Waals surface area contributed by atoms with Crippen molar-refractivity contribution in [3.8, 4) is 0 Å². The quantitative estimate of drug-likeness (QED) is 0.638. The number of likely N-dealkylation sites (N-methyl/N-ethyl adjacent to an activating group) is 1. The Kier molecular flexibility index (Phi) is 7.30. The molecule has 1 saturated heterocycles. The summed E-state index contributed by atoms with van der Waals surface area (Å²) >= 11 is 0. The van der Waals surface area contributed by atoms with E-state index in [1.807, 2.05) is 0 Å². The first kappa shape index (κ1) is 17.2. The second-order valence-corrected chi connectivity index (χ2v) is 6.22. The molecule has 1 aliphatic heterocycles. The average Bonchev–Trinajstić information content (AvgIpc) is 2.68. The number of nitrogens with zero attached hydrogens (tertiary/aromatic N) is 3. The van der Waals surface area contributed by atoms with Crippen LogP contribution in [0.15, 0.2) is 4.99 Å². The fourth-order valence-electron chi connectivity index (χ4n) is 2.02. The van der Waals surface area contributed by atoms with Crippen LogP contribution in [0.1, 0.15) is 34.1 Å². The summed E-state index contributed by atoms with van der Waals surface area (Å²) in [5, 5.41) is 0. The molecule has 0 aromatic carbocycles. The van der Waals surface area contributed by atoms with Gasteiger partial charge in [-0.05, 0) is 27.2 Å². The molecular formula is C15H31N3O2. The molecule has 0 aliphatic carbocycles. The number of hydrogen-bond donors (Lipinski definition) is 0. The molecule has 0 amide bonds. The van der Waals surface area contributed by atoms with Crippen molar-refractivity contribution < 1.29 is 9.47 Å². The Bertz CT molecular complexity index is 300. The van der Waals surface area contributed by atoms with Crippen LogP contribution in [-0.2, 0) is 9.47 Å². The van der Waals surface area contributed by atoms with Crippen molar-refractivity contribution in [3.63, 3.8) is 0 Å². The average molecular weight is 285 g/mol.